The van der Waals surface area contributed by atoms with Crippen LogP contribution in [0.5, 0.6) is 0 Å². The number of carbonyl (C=O) groups is 2. The van der Waals surface area contributed by atoms with Gasteiger partial charge in [-0.3, -0.25) is 0 Å². The first-order valence-electron chi connectivity index (χ1n) is 8.69. The van der Waals surface area contributed by atoms with Crippen LogP contribution >= 0.6 is 0 Å². The molecule has 0 bridgehead atoms. The first-order chi connectivity index (χ1) is 11.5. The maximum atomic E-state index is 12.6. The molecule has 2 heterocycles. The van der Waals surface area contributed by atoms with Gasteiger partial charge in [-0.15, -0.1) is 0 Å². The highest BCUT2D eigenvalue weighted by molar-refractivity contribution is 5.90. The average Bonchev–Trinajstić information content (AvgIpc) is 2.93. The van der Waals surface area contributed by atoms with E-state index in [1.807, 2.05) is 29.2 Å². The van der Waals surface area contributed by atoms with E-state index >= 15 is 0 Å². The van der Waals surface area contributed by atoms with Gasteiger partial charge < -0.3 is 20.4 Å². The molecule has 2 fully saturated rings. The number of carbonyl (C=O) groups excluding carboxylic acids is 2. The molecule has 6 heteroatoms. The van der Waals surface area contributed by atoms with Crippen molar-refractivity contribution in [1.29, 1.82) is 0 Å². The van der Waals surface area contributed by atoms with Gasteiger partial charge in [-0.25, -0.2) is 9.59 Å². The van der Waals surface area contributed by atoms with Crippen LogP contribution in [-0.4, -0.2) is 48.0 Å². The van der Waals surface area contributed by atoms with Gasteiger partial charge in [0.15, 0.2) is 0 Å². The minimum atomic E-state index is -0.0493. The Bertz CT molecular complexity index is 609. The van der Waals surface area contributed by atoms with E-state index in [1.54, 1.807) is 4.90 Å². The zero-order chi connectivity index (χ0) is 17.1. The number of hydrogen-bond acceptors (Lipinski definition) is 2. The summed E-state index contributed by atoms with van der Waals surface area (Å²) in [5, 5.41) is 5.84. The summed E-state index contributed by atoms with van der Waals surface area (Å²) in [4.78, 5) is 28.0. The van der Waals surface area contributed by atoms with Crippen LogP contribution in [0, 0.1) is 11.8 Å². The summed E-state index contributed by atoms with van der Waals surface area (Å²) in [6.07, 6.45) is 1.17. The number of rotatable bonds is 3. The third-order valence-corrected chi connectivity index (χ3v) is 4.72. The van der Waals surface area contributed by atoms with Crippen molar-refractivity contribution in [2.75, 3.05) is 31.5 Å². The fourth-order valence-corrected chi connectivity index (χ4v) is 3.67. The van der Waals surface area contributed by atoms with Crippen LogP contribution in [0.25, 0.3) is 0 Å². The maximum absolute atomic E-state index is 12.6. The summed E-state index contributed by atoms with van der Waals surface area (Å²) in [5.74, 6) is 1.06. The van der Waals surface area contributed by atoms with E-state index in [-0.39, 0.29) is 12.1 Å². The van der Waals surface area contributed by atoms with E-state index in [0.717, 1.165) is 24.3 Å². The molecule has 0 aromatic heterocycles. The van der Waals surface area contributed by atoms with Crippen LogP contribution in [0.3, 0.4) is 0 Å². The number of likely N-dealkylation sites (tertiary alicyclic amines) is 1. The third kappa shape index (κ3) is 3.80. The van der Waals surface area contributed by atoms with E-state index in [9.17, 15) is 9.59 Å². The molecule has 0 unspecified atom stereocenters. The number of para-hydroxylation sites is 1. The van der Waals surface area contributed by atoms with Gasteiger partial charge in [0, 0.05) is 38.4 Å². The third-order valence-electron chi connectivity index (χ3n) is 4.72. The van der Waals surface area contributed by atoms with Crippen molar-refractivity contribution in [1.82, 2.24) is 15.1 Å². The zero-order valence-electron chi connectivity index (χ0n) is 14.4. The van der Waals surface area contributed by atoms with Gasteiger partial charge in [-0.1, -0.05) is 32.0 Å². The van der Waals surface area contributed by atoms with Crippen molar-refractivity contribution in [2.45, 2.75) is 26.8 Å². The Morgan fingerprint density at radius 1 is 1.25 bits per heavy atom. The van der Waals surface area contributed by atoms with Crippen molar-refractivity contribution in [3.05, 3.63) is 29.8 Å². The summed E-state index contributed by atoms with van der Waals surface area (Å²) >= 11 is 0. The van der Waals surface area contributed by atoms with E-state index in [2.05, 4.69) is 24.5 Å². The van der Waals surface area contributed by atoms with Crippen molar-refractivity contribution < 1.29 is 9.59 Å². The van der Waals surface area contributed by atoms with Crippen LogP contribution < -0.4 is 10.6 Å². The molecule has 6 nitrogen and oxygen atoms in total. The van der Waals surface area contributed by atoms with Crippen molar-refractivity contribution in [3.8, 4) is 0 Å². The van der Waals surface area contributed by atoms with Crippen LogP contribution in [0.1, 0.15) is 25.8 Å². The highest BCUT2D eigenvalue weighted by Gasteiger charge is 2.26. The topological polar surface area (TPSA) is 64.7 Å². The van der Waals surface area contributed by atoms with E-state index in [1.165, 1.54) is 6.42 Å². The van der Waals surface area contributed by atoms with Crippen molar-refractivity contribution in [2.24, 2.45) is 11.8 Å². The second-order valence-electron chi connectivity index (χ2n) is 7.09. The van der Waals surface area contributed by atoms with Crippen LogP contribution in [0.2, 0.25) is 0 Å². The lowest BCUT2D eigenvalue weighted by atomic mass is 9.92. The molecule has 0 radical (unpaired) electrons. The number of benzene rings is 1. The summed E-state index contributed by atoms with van der Waals surface area (Å²) in [5.41, 5.74) is 1.74. The molecule has 2 atom stereocenters. The molecule has 2 saturated heterocycles. The maximum Gasteiger partial charge on any atom is 0.321 e. The molecular formula is C18H26N4O2. The molecule has 0 saturated carbocycles. The van der Waals surface area contributed by atoms with Gasteiger partial charge in [0.05, 0.1) is 0 Å². The normalized spacial score (nSPS) is 24.0. The average molecular weight is 330 g/mol. The summed E-state index contributed by atoms with van der Waals surface area (Å²) < 4.78 is 0. The monoisotopic (exact) mass is 330 g/mol. The van der Waals surface area contributed by atoms with Gasteiger partial charge in [-0.05, 0) is 29.9 Å². The van der Waals surface area contributed by atoms with E-state index in [4.69, 9.17) is 0 Å². The second kappa shape index (κ2) is 7.11. The van der Waals surface area contributed by atoms with Gasteiger partial charge in [0.2, 0.25) is 0 Å². The minimum absolute atomic E-state index is 0.0465. The molecule has 2 aliphatic heterocycles. The highest BCUT2D eigenvalue weighted by atomic mass is 16.2. The lowest BCUT2D eigenvalue weighted by Gasteiger charge is -2.35. The molecule has 2 aliphatic rings. The van der Waals surface area contributed by atoms with Gasteiger partial charge in [-0.2, -0.15) is 0 Å². The first kappa shape index (κ1) is 16.6. The Kier molecular flexibility index (Phi) is 4.92. The fraction of sp³-hybridized carbons (Fsp3) is 0.556. The molecule has 1 aromatic carbocycles. The first-order valence-corrected chi connectivity index (χ1v) is 8.69. The highest BCUT2D eigenvalue weighted by Crippen LogP contribution is 2.23. The number of amides is 4. The molecule has 0 aliphatic carbocycles. The number of anilines is 1. The standard InChI is InChI=1S/C18H26N4O2/c1-13-9-14(2)11-22(10-13)18(24)20-16-6-4-3-5-15(16)12-21-8-7-19-17(21)23/h3-6,13-14H,7-12H2,1-2H3,(H,19,23)(H,20,24)/t13-,14+. The number of piperidine rings is 1. The Morgan fingerprint density at radius 3 is 2.62 bits per heavy atom. The molecule has 0 spiro atoms. The molecule has 3 rings (SSSR count). The van der Waals surface area contributed by atoms with Crippen LogP contribution in [-0.2, 0) is 6.54 Å². The Morgan fingerprint density at radius 2 is 1.96 bits per heavy atom. The van der Waals surface area contributed by atoms with Crippen molar-refractivity contribution >= 4 is 17.7 Å². The SMILES string of the molecule is C[C@@H]1C[C@H](C)CN(C(=O)Nc2ccccc2CN2CCNC2=O)C1. The number of nitrogens with one attached hydrogen (secondary N) is 2. The smallest absolute Gasteiger partial charge is 0.321 e. The van der Waals surface area contributed by atoms with Crippen molar-refractivity contribution in [3.63, 3.8) is 0 Å². The minimum Gasteiger partial charge on any atom is -0.336 e. The van der Waals surface area contributed by atoms with Crippen LogP contribution in [0.4, 0.5) is 15.3 Å². The Balaban J connectivity index is 1.68. The molecule has 130 valence electrons. The second-order valence-corrected chi connectivity index (χ2v) is 7.09. The molecule has 2 N–H and O–H groups in total. The van der Waals surface area contributed by atoms with Gasteiger partial charge in [0.25, 0.3) is 0 Å². The Hall–Kier alpha value is -2.24. The predicted molar refractivity (Wildman–Crippen MR) is 93.8 cm³/mol. The van der Waals surface area contributed by atoms with Gasteiger partial charge >= 0.3 is 12.1 Å². The van der Waals surface area contributed by atoms with E-state index < -0.39 is 0 Å². The van der Waals surface area contributed by atoms with Gasteiger partial charge in [0.1, 0.15) is 0 Å². The number of urea groups is 2. The summed E-state index contributed by atoms with van der Waals surface area (Å²) in [6.45, 7) is 7.86. The number of nitrogens with zero attached hydrogens (tertiary/aromatic N) is 2. The zero-order valence-corrected chi connectivity index (χ0v) is 14.4. The van der Waals surface area contributed by atoms with Crippen LogP contribution in [0.15, 0.2) is 24.3 Å². The molecule has 4 amide bonds. The molecule has 1 aromatic rings. The summed E-state index contributed by atoms with van der Waals surface area (Å²) in [7, 11) is 0. The molecular weight excluding hydrogens is 304 g/mol. The largest absolute Gasteiger partial charge is 0.336 e. The lowest BCUT2D eigenvalue weighted by molar-refractivity contribution is 0.156. The van der Waals surface area contributed by atoms with E-state index in [0.29, 0.717) is 31.5 Å². The predicted octanol–water partition coefficient (Wildman–Crippen LogP) is 2.72. The Labute approximate surface area is 143 Å². The summed E-state index contributed by atoms with van der Waals surface area (Å²) in [6, 6.07) is 7.61. The lowest BCUT2D eigenvalue weighted by Crippen LogP contribution is -2.44. The fourth-order valence-electron chi connectivity index (χ4n) is 3.67. The number of hydrogen-bond donors (Lipinski definition) is 2. The quantitative estimate of drug-likeness (QED) is 0.895. The molecule has 24 heavy (non-hydrogen) atoms.